The van der Waals surface area contributed by atoms with Gasteiger partial charge in [-0.15, -0.1) is 0 Å². The van der Waals surface area contributed by atoms with Gasteiger partial charge in [0.1, 0.15) is 11.9 Å². The number of hydrogen-bond donors (Lipinski definition) is 1. The topological polar surface area (TPSA) is 38.7 Å². The second-order valence-corrected chi connectivity index (χ2v) is 4.22. The minimum Gasteiger partial charge on any atom is -0.497 e. The first-order valence-corrected chi connectivity index (χ1v) is 6.11. The predicted molar refractivity (Wildman–Crippen MR) is 68.3 cm³/mol. The van der Waals surface area contributed by atoms with Crippen LogP contribution in [0.15, 0.2) is 24.3 Å². The molecule has 17 heavy (non-hydrogen) atoms. The van der Waals surface area contributed by atoms with Crippen molar-refractivity contribution in [2.75, 3.05) is 13.7 Å². The molecule has 0 aliphatic rings. The third-order valence-electron chi connectivity index (χ3n) is 2.73. The maximum absolute atomic E-state index is 9.94. The smallest absolute Gasteiger partial charge is 0.118 e. The van der Waals surface area contributed by atoms with E-state index in [1.54, 1.807) is 7.11 Å². The molecule has 0 heterocycles. The number of aliphatic hydroxyl groups is 1. The van der Waals surface area contributed by atoms with Crippen molar-refractivity contribution in [3.05, 3.63) is 29.8 Å². The average Bonchev–Trinajstić information content (AvgIpc) is 2.36. The van der Waals surface area contributed by atoms with Crippen molar-refractivity contribution >= 4 is 0 Å². The van der Waals surface area contributed by atoms with Crippen LogP contribution in [-0.2, 0) is 4.74 Å². The zero-order valence-corrected chi connectivity index (χ0v) is 10.8. The molecule has 0 aromatic heterocycles. The van der Waals surface area contributed by atoms with Crippen molar-refractivity contribution in [3.63, 3.8) is 0 Å². The molecule has 2 atom stereocenters. The van der Waals surface area contributed by atoms with E-state index in [0.29, 0.717) is 6.61 Å². The van der Waals surface area contributed by atoms with E-state index in [-0.39, 0.29) is 6.10 Å². The van der Waals surface area contributed by atoms with Crippen LogP contribution >= 0.6 is 0 Å². The van der Waals surface area contributed by atoms with Crippen LogP contribution in [0, 0.1) is 0 Å². The molecule has 0 spiro atoms. The monoisotopic (exact) mass is 238 g/mol. The van der Waals surface area contributed by atoms with Crippen LogP contribution in [0.5, 0.6) is 5.75 Å². The fourth-order valence-electron chi connectivity index (χ4n) is 1.67. The molecule has 0 saturated heterocycles. The van der Waals surface area contributed by atoms with E-state index >= 15 is 0 Å². The Hall–Kier alpha value is -1.06. The molecule has 0 saturated carbocycles. The van der Waals surface area contributed by atoms with Crippen molar-refractivity contribution in [3.8, 4) is 5.75 Å². The number of benzene rings is 1. The molecule has 3 nitrogen and oxygen atoms in total. The molecule has 0 fully saturated rings. The highest BCUT2D eigenvalue weighted by Gasteiger charge is 2.10. The Morgan fingerprint density at radius 3 is 2.41 bits per heavy atom. The van der Waals surface area contributed by atoms with Crippen molar-refractivity contribution in [1.29, 1.82) is 0 Å². The summed E-state index contributed by atoms with van der Waals surface area (Å²) in [6.45, 7) is 4.50. The Kier molecular flexibility index (Phi) is 6.01. The van der Waals surface area contributed by atoms with Crippen molar-refractivity contribution in [1.82, 2.24) is 0 Å². The molecule has 0 bridgehead atoms. The van der Waals surface area contributed by atoms with Gasteiger partial charge in [-0.3, -0.25) is 0 Å². The lowest BCUT2D eigenvalue weighted by atomic mass is 10.1. The van der Waals surface area contributed by atoms with Gasteiger partial charge in [-0.1, -0.05) is 25.5 Å². The first-order chi connectivity index (χ1) is 8.17. The summed E-state index contributed by atoms with van der Waals surface area (Å²) in [6, 6.07) is 7.40. The normalized spacial score (nSPS) is 14.4. The van der Waals surface area contributed by atoms with E-state index in [4.69, 9.17) is 9.47 Å². The largest absolute Gasteiger partial charge is 0.497 e. The van der Waals surface area contributed by atoms with Crippen LogP contribution in [0.4, 0.5) is 0 Å². The van der Waals surface area contributed by atoms with Crippen LogP contribution in [0.1, 0.15) is 38.4 Å². The van der Waals surface area contributed by atoms with Crippen LogP contribution < -0.4 is 4.74 Å². The number of aliphatic hydroxyl groups excluding tert-OH is 1. The minimum atomic E-state index is -0.569. The lowest BCUT2D eigenvalue weighted by molar-refractivity contribution is -0.00585. The molecule has 1 N–H and O–H groups in total. The Labute approximate surface area is 103 Å². The molecule has 0 amide bonds. The van der Waals surface area contributed by atoms with E-state index in [1.165, 1.54) is 0 Å². The molecule has 1 aromatic carbocycles. The Morgan fingerprint density at radius 2 is 1.88 bits per heavy atom. The molecule has 1 aromatic rings. The van der Waals surface area contributed by atoms with Gasteiger partial charge < -0.3 is 14.6 Å². The summed E-state index contributed by atoms with van der Waals surface area (Å²) in [7, 11) is 1.63. The van der Waals surface area contributed by atoms with E-state index in [2.05, 4.69) is 6.92 Å². The summed E-state index contributed by atoms with van der Waals surface area (Å²) >= 11 is 0. The molecule has 96 valence electrons. The molecule has 0 aliphatic carbocycles. The summed E-state index contributed by atoms with van der Waals surface area (Å²) in [4.78, 5) is 0. The highest BCUT2D eigenvalue weighted by molar-refractivity contribution is 5.28. The van der Waals surface area contributed by atoms with Gasteiger partial charge in [-0.2, -0.15) is 0 Å². The van der Waals surface area contributed by atoms with Gasteiger partial charge in [0.05, 0.1) is 19.8 Å². The zero-order valence-electron chi connectivity index (χ0n) is 10.8. The Bertz CT molecular complexity index is 308. The van der Waals surface area contributed by atoms with E-state index in [9.17, 15) is 5.11 Å². The maximum Gasteiger partial charge on any atom is 0.118 e. The van der Waals surface area contributed by atoms with E-state index < -0.39 is 6.10 Å². The number of ether oxygens (including phenoxy) is 2. The lowest BCUT2D eigenvalue weighted by Gasteiger charge is -2.16. The fraction of sp³-hybridized carbons (Fsp3) is 0.571. The van der Waals surface area contributed by atoms with Crippen LogP contribution in [0.2, 0.25) is 0 Å². The summed E-state index contributed by atoms with van der Waals surface area (Å²) < 4.78 is 10.6. The predicted octanol–water partition coefficient (Wildman–Crippen LogP) is 2.93. The van der Waals surface area contributed by atoms with Gasteiger partial charge in [0.15, 0.2) is 0 Å². The van der Waals surface area contributed by atoms with Gasteiger partial charge in [0.2, 0.25) is 0 Å². The zero-order chi connectivity index (χ0) is 12.7. The van der Waals surface area contributed by atoms with Gasteiger partial charge in [0.25, 0.3) is 0 Å². The second-order valence-electron chi connectivity index (χ2n) is 4.22. The Balaban J connectivity index is 2.43. The second kappa shape index (κ2) is 7.30. The Morgan fingerprint density at radius 1 is 1.24 bits per heavy atom. The summed E-state index contributed by atoms with van der Waals surface area (Å²) in [6.07, 6.45) is 1.75. The molecular formula is C14H22O3. The molecular weight excluding hydrogens is 216 g/mol. The van der Waals surface area contributed by atoms with Gasteiger partial charge >= 0.3 is 0 Å². The molecule has 3 heteroatoms. The highest BCUT2D eigenvalue weighted by Crippen LogP contribution is 2.18. The van der Waals surface area contributed by atoms with Crippen molar-refractivity contribution in [2.24, 2.45) is 0 Å². The van der Waals surface area contributed by atoms with Crippen molar-refractivity contribution < 1.29 is 14.6 Å². The van der Waals surface area contributed by atoms with Gasteiger partial charge in [-0.25, -0.2) is 0 Å². The molecule has 1 rings (SSSR count). The lowest BCUT2D eigenvalue weighted by Crippen LogP contribution is -2.14. The van der Waals surface area contributed by atoms with E-state index in [1.807, 2.05) is 31.2 Å². The van der Waals surface area contributed by atoms with E-state index in [0.717, 1.165) is 24.2 Å². The quantitative estimate of drug-likeness (QED) is 0.793. The van der Waals surface area contributed by atoms with Crippen LogP contribution in [0.25, 0.3) is 0 Å². The third kappa shape index (κ3) is 4.75. The number of methoxy groups -OCH3 is 1. The standard InChI is InChI=1S/C14H22O3/c1-4-5-11(2)17-10-14(15)12-6-8-13(16-3)9-7-12/h6-9,11,14-15H,4-5,10H2,1-3H3. The van der Waals surface area contributed by atoms with Gasteiger partial charge in [0, 0.05) is 0 Å². The molecule has 0 radical (unpaired) electrons. The first-order valence-electron chi connectivity index (χ1n) is 6.11. The maximum atomic E-state index is 9.94. The molecule has 0 aliphatic heterocycles. The molecule has 2 unspecified atom stereocenters. The van der Waals surface area contributed by atoms with Crippen LogP contribution in [0.3, 0.4) is 0 Å². The number of rotatable bonds is 7. The summed E-state index contributed by atoms with van der Waals surface area (Å²) in [5.41, 5.74) is 0.856. The highest BCUT2D eigenvalue weighted by atomic mass is 16.5. The summed E-state index contributed by atoms with van der Waals surface area (Å²) in [5, 5.41) is 9.94. The third-order valence-corrected chi connectivity index (χ3v) is 2.73. The minimum absolute atomic E-state index is 0.202. The first kappa shape index (κ1) is 14.0. The van der Waals surface area contributed by atoms with Crippen LogP contribution in [-0.4, -0.2) is 24.9 Å². The van der Waals surface area contributed by atoms with Gasteiger partial charge in [-0.05, 0) is 31.0 Å². The fourth-order valence-corrected chi connectivity index (χ4v) is 1.67. The summed E-state index contributed by atoms with van der Waals surface area (Å²) in [5.74, 6) is 0.793. The number of hydrogen-bond acceptors (Lipinski definition) is 3. The SMILES string of the molecule is CCCC(C)OCC(O)c1ccc(OC)cc1. The van der Waals surface area contributed by atoms with Crippen molar-refractivity contribution in [2.45, 2.75) is 38.9 Å². The average molecular weight is 238 g/mol.